The molecule has 0 aromatic heterocycles. The highest BCUT2D eigenvalue weighted by Crippen LogP contribution is 2.38. The van der Waals surface area contributed by atoms with Crippen molar-refractivity contribution in [3.05, 3.63) is 47.0 Å². The van der Waals surface area contributed by atoms with Crippen molar-refractivity contribution in [1.29, 1.82) is 0 Å². The lowest BCUT2D eigenvalue weighted by molar-refractivity contribution is 0.527. The van der Waals surface area contributed by atoms with Gasteiger partial charge in [0.15, 0.2) is 0 Å². The summed E-state index contributed by atoms with van der Waals surface area (Å²) in [5.41, 5.74) is 6.56. The third kappa shape index (κ3) is 2.12. The molecule has 0 saturated carbocycles. The first-order valence-corrected chi connectivity index (χ1v) is 6.70. The van der Waals surface area contributed by atoms with Crippen LogP contribution in [0.3, 0.4) is 0 Å². The average molecular weight is 244 g/mol. The van der Waals surface area contributed by atoms with Crippen LogP contribution in [0.25, 0.3) is 0 Å². The van der Waals surface area contributed by atoms with Crippen molar-refractivity contribution in [2.75, 3.05) is 0 Å². The smallest absolute Gasteiger partial charge is 0.0565 e. The number of hydrogen-bond donors (Lipinski definition) is 2. The molecule has 0 saturated heterocycles. The molecular weight excluding hydrogens is 220 g/mol. The molecule has 0 bridgehead atoms. The summed E-state index contributed by atoms with van der Waals surface area (Å²) in [5, 5.41) is 7.05. The van der Waals surface area contributed by atoms with Crippen molar-refractivity contribution in [2.45, 2.75) is 40.7 Å². The summed E-state index contributed by atoms with van der Waals surface area (Å²) in [7, 11) is 0. The number of hydrogen-bond acceptors (Lipinski definition) is 2. The molecule has 1 aliphatic carbocycles. The molecule has 1 heterocycles. The Balaban J connectivity index is 2.39. The predicted octanol–water partition coefficient (Wildman–Crippen LogP) is 3.47. The van der Waals surface area contributed by atoms with E-state index >= 15 is 0 Å². The van der Waals surface area contributed by atoms with Gasteiger partial charge in [0.25, 0.3) is 0 Å². The van der Waals surface area contributed by atoms with Crippen LogP contribution in [0.2, 0.25) is 0 Å². The van der Waals surface area contributed by atoms with Crippen LogP contribution in [0.1, 0.15) is 34.6 Å². The van der Waals surface area contributed by atoms with Crippen LogP contribution in [-0.2, 0) is 0 Å². The molecule has 2 nitrogen and oxygen atoms in total. The van der Waals surface area contributed by atoms with Gasteiger partial charge in [-0.1, -0.05) is 32.6 Å². The number of fused-ring (bicyclic) bond motifs is 1. The van der Waals surface area contributed by atoms with Gasteiger partial charge in [0.2, 0.25) is 0 Å². The highest BCUT2D eigenvalue weighted by atomic mass is 15.0. The monoisotopic (exact) mass is 244 g/mol. The second-order valence-corrected chi connectivity index (χ2v) is 5.74. The highest BCUT2D eigenvalue weighted by molar-refractivity contribution is 5.46. The Hall–Kier alpha value is -1.44. The van der Waals surface area contributed by atoms with E-state index in [0.29, 0.717) is 17.9 Å². The van der Waals surface area contributed by atoms with Gasteiger partial charge in [-0.3, -0.25) is 0 Å². The molecule has 18 heavy (non-hydrogen) atoms. The van der Waals surface area contributed by atoms with E-state index in [1.807, 2.05) is 6.92 Å². The third-order valence-corrected chi connectivity index (χ3v) is 3.88. The summed E-state index contributed by atoms with van der Waals surface area (Å²) in [6.07, 6.45) is 4.54. The molecule has 98 valence electrons. The number of nitrogens with one attached hydrogen (secondary N) is 2. The van der Waals surface area contributed by atoms with E-state index < -0.39 is 0 Å². The SMILES string of the molecule is C=C(C)NC1C=CC(C(C)C)=C2NC(C)=C(C)C21. The molecule has 2 heteroatoms. The highest BCUT2D eigenvalue weighted by Gasteiger charge is 2.35. The fourth-order valence-corrected chi connectivity index (χ4v) is 2.86. The van der Waals surface area contributed by atoms with Crippen molar-refractivity contribution in [1.82, 2.24) is 10.6 Å². The van der Waals surface area contributed by atoms with E-state index in [-0.39, 0.29) is 0 Å². The first kappa shape index (κ1) is 13.0. The topological polar surface area (TPSA) is 24.1 Å². The summed E-state index contributed by atoms with van der Waals surface area (Å²) < 4.78 is 0. The van der Waals surface area contributed by atoms with Gasteiger partial charge in [-0.05, 0) is 37.8 Å². The van der Waals surface area contributed by atoms with Gasteiger partial charge in [-0.2, -0.15) is 0 Å². The number of rotatable bonds is 3. The van der Waals surface area contributed by atoms with Crippen LogP contribution in [0.15, 0.2) is 47.0 Å². The zero-order chi connectivity index (χ0) is 13.4. The second-order valence-electron chi connectivity index (χ2n) is 5.74. The van der Waals surface area contributed by atoms with Crippen molar-refractivity contribution in [3.8, 4) is 0 Å². The van der Waals surface area contributed by atoms with E-state index in [1.54, 1.807) is 0 Å². The summed E-state index contributed by atoms with van der Waals surface area (Å²) in [4.78, 5) is 0. The second kappa shape index (κ2) is 4.68. The van der Waals surface area contributed by atoms with Crippen LogP contribution >= 0.6 is 0 Å². The maximum absolute atomic E-state index is 3.96. The fraction of sp³-hybridized carbons (Fsp3) is 0.500. The molecular formula is C16H24N2. The van der Waals surface area contributed by atoms with Crippen LogP contribution < -0.4 is 10.6 Å². The summed E-state index contributed by atoms with van der Waals surface area (Å²) >= 11 is 0. The molecule has 0 amide bonds. The van der Waals surface area contributed by atoms with Gasteiger partial charge in [0.05, 0.1) is 6.04 Å². The number of allylic oxidation sites excluding steroid dienone is 4. The van der Waals surface area contributed by atoms with Gasteiger partial charge in [-0.15, -0.1) is 0 Å². The average Bonchev–Trinajstić information content (AvgIpc) is 2.55. The Labute approximate surface area is 111 Å². The minimum absolute atomic E-state index is 0.324. The molecule has 0 fully saturated rings. The molecule has 2 N–H and O–H groups in total. The largest absolute Gasteiger partial charge is 0.382 e. The van der Waals surface area contributed by atoms with Gasteiger partial charge >= 0.3 is 0 Å². The van der Waals surface area contributed by atoms with Crippen molar-refractivity contribution >= 4 is 0 Å². The predicted molar refractivity (Wildman–Crippen MR) is 77.7 cm³/mol. The molecule has 2 rings (SSSR count). The van der Waals surface area contributed by atoms with Crippen LogP contribution in [0.4, 0.5) is 0 Å². The molecule has 1 aliphatic heterocycles. The maximum Gasteiger partial charge on any atom is 0.0565 e. The zero-order valence-corrected chi connectivity index (χ0v) is 12.1. The molecule has 0 aromatic carbocycles. The van der Waals surface area contributed by atoms with E-state index in [2.05, 4.69) is 57.1 Å². The lowest BCUT2D eigenvalue weighted by atomic mass is 9.82. The zero-order valence-electron chi connectivity index (χ0n) is 12.1. The van der Waals surface area contributed by atoms with Crippen molar-refractivity contribution in [3.63, 3.8) is 0 Å². The lowest BCUT2D eigenvalue weighted by Crippen LogP contribution is -2.37. The Morgan fingerprint density at radius 2 is 2.06 bits per heavy atom. The minimum Gasteiger partial charge on any atom is -0.382 e. The molecule has 2 atom stereocenters. The standard InChI is InChI=1S/C16H24N2/c1-9(2)13-7-8-14(17-10(3)4)15-11(5)12(6)18-16(13)15/h7-9,14-15,17-18H,3H2,1-2,4-6H3. The van der Waals surface area contributed by atoms with Crippen LogP contribution in [0.5, 0.6) is 0 Å². The first-order valence-electron chi connectivity index (χ1n) is 6.70. The Morgan fingerprint density at radius 3 is 2.61 bits per heavy atom. The molecule has 0 spiro atoms. The quantitative estimate of drug-likeness (QED) is 0.794. The van der Waals surface area contributed by atoms with E-state index in [9.17, 15) is 0 Å². The maximum atomic E-state index is 3.96. The third-order valence-electron chi connectivity index (χ3n) is 3.88. The lowest BCUT2D eigenvalue weighted by Gasteiger charge is -2.31. The molecule has 2 aliphatic rings. The van der Waals surface area contributed by atoms with Gasteiger partial charge in [-0.25, -0.2) is 0 Å². The van der Waals surface area contributed by atoms with Crippen LogP contribution in [0, 0.1) is 11.8 Å². The minimum atomic E-state index is 0.324. The molecule has 0 aromatic rings. The normalized spacial score (nSPS) is 26.6. The van der Waals surface area contributed by atoms with E-state index in [4.69, 9.17) is 0 Å². The fourth-order valence-electron chi connectivity index (χ4n) is 2.86. The van der Waals surface area contributed by atoms with Crippen LogP contribution in [-0.4, -0.2) is 6.04 Å². The summed E-state index contributed by atoms with van der Waals surface area (Å²) in [5.74, 6) is 0.986. The molecule has 2 unspecified atom stereocenters. The van der Waals surface area contributed by atoms with E-state index in [1.165, 1.54) is 22.5 Å². The Bertz CT molecular complexity index is 463. The van der Waals surface area contributed by atoms with Crippen molar-refractivity contribution < 1.29 is 0 Å². The van der Waals surface area contributed by atoms with E-state index in [0.717, 1.165) is 5.70 Å². The molecule has 0 radical (unpaired) electrons. The summed E-state index contributed by atoms with van der Waals surface area (Å²) in [6.45, 7) is 14.9. The van der Waals surface area contributed by atoms with Gasteiger partial charge in [0.1, 0.15) is 0 Å². The van der Waals surface area contributed by atoms with Gasteiger partial charge < -0.3 is 10.6 Å². The first-order chi connectivity index (χ1) is 8.41. The Kier molecular flexibility index (Phi) is 3.38. The van der Waals surface area contributed by atoms with Crippen molar-refractivity contribution in [2.24, 2.45) is 11.8 Å². The van der Waals surface area contributed by atoms with Gasteiger partial charge in [0, 0.05) is 23.0 Å². The Morgan fingerprint density at radius 1 is 1.39 bits per heavy atom. The summed E-state index contributed by atoms with van der Waals surface area (Å²) in [6, 6.07) is 0.324.